The van der Waals surface area contributed by atoms with Crippen LogP contribution in [0.4, 0.5) is 0 Å². The lowest BCUT2D eigenvalue weighted by atomic mass is 9.95. The molecule has 0 radical (unpaired) electrons. The molecule has 0 spiro atoms. The number of rotatable bonds is 5. The van der Waals surface area contributed by atoms with Crippen molar-refractivity contribution in [2.24, 2.45) is 11.8 Å². The van der Waals surface area contributed by atoms with Gasteiger partial charge in [-0.3, -0.25) is 4.79 Å². The molecular formula is C17H33N3O. The van der Waals surface area contributed by atoms with Crippen LogP contribution in [0.1, 0.15) is 40.5 Å². The number of hydrogen-bond acceptors (Lipinski definition) is 3. The fourth-order valence-electron chi connectivity index (χ4n) is 3.59. The van der Waals surface area contributed by atoms with Crippen LogP contribution in [-0.2, 0) is 4.79 Å². The molecule has 122 valence electrons. The largest absolute Gasteiger partial charge is 0.342 e. The summed E-state index contributed by atoms with van der Waals surface area (Å²) in [5, 5.41) is 0. The molecule has 2 fully saturated rings. The summed E-state index contributed by atoms with van der Waals surface area (Å²) in [6, 6.07) is 1.15. The van der Waals surface area contributed by atoms with Crippen molar-refractivity contribution in [3.8, 4) is 0 Å². The van der Waals surface area contributed by atoms with E-state index in [1.165, 1.54) is 19.6 Å². The highest BCUT2D eigenvalue weighted by Crippen LogP contribution is 2.22. The van der Waals surface area contributed by atoms with Crippen LogP contribution in [0.2, 0.25) is 0 Å². The fourth-order valence-corrected chi connectivity index (χ4v) is 3.59. The Balaban J connectivity index is 1.68. The molecule has 2 rings (SSSR count). The maximum Gasteiger partial charge on any atom is 0.225 e. The number of hydrogen-bond donors (Lipinski definition) is 0. The number of amides is 1. The SMILES string of the molecule is CC(C)C(=O)N(C)C1CCN(CC2CN(C(C)C)C2)CC1. The molecule has 1 amide bonds. The number of nitrogens with zero attached hydrogens (tertiary/aromatic N) is 3. The highest BCUT2D eigenvalue weighted by atomic mass is 16.2. The Morgan fingerprint density at radius 3 is 2.19 bits per heavy atom. The molecule has 0 aliphatic carbocycles. The van der Waals surface area contributed by atoms with Crippen molar-refractivity contribution >= 4 is 5.91 Å². The third kappa shape index (κ3) is 4.19. The van der Waals surface area contributed by atoms with Crippen LogP contribution in [0.3, 0.4) is 0 Å². The standard InChI is InChI=1S/C17H33N3O/c1-13(2)17(21)18(5)16-6-8-19(9-7-16)10-15-11-20(12-15)14(3)4/h13-16H,6-12H2,1-5H3. The van der Waals surface area contributed by atoms with Gasteiger partial charge in [0, 0.05) is 57.8 Å². The minimum atomic E-state index is 0.116. The van der Waals surface area contributed by atoms with Crippen LogP contribution in [0.5, 0.6) is 0 Å². The average molecular weight is 295 g/mol. The number of likely N-dealkylation sites (tertiary alicyclic amines) is 2. The summed E-state index contributed by atoms with van der Waals surface area (Å²) < 4.78 is 0. The van der Waals surface area contributed by atoms with Crippen molar-refractivity contribution in [3.05, 3.63) is 0 Å². The first kappa shape index (κ1) is 16.8. The van der Waals surface area contributed by atoms with E-state index in [9.17, 15) is 4.79 Å². The van der Waals surface area contributed by atoms with Gasteiger partial charge >= 0.3 is 0 Å². The van der Waals surface area contributed by atoms with Crippen LogP contribution in [0, 0.1) is 11.8 Å². The van der Waals surface area contributed by atoms with E-state index in [0.717, 1.165) is 31.8 Å². The molecule has 21 heavy (non-hydrogen) atoms. The fraction of sp³-hybridized carbons (Fsp3) is 0.941. The first-order valence-corrected chi connectivity index (χ1v) is 8.61. The quantitative estimate of drug-likeness (QED) is 0.775. The zero-order valence-electron chi connectivity index (χ0n) is 14.5. The van der Waals surface area contributed by atoms with Crippen molar-refractivity contribution in [3.63, 3.8) is 0 Å². The predicted molar refractivity (Wildman–Crippen MR) is 87.3 cm³/mol. The van der Waals surface area contributed by atoms with E-state index < -0.39 is 0 Å². The number of carbonyl (C=O) groups is 1. The minimum Gasteiger partial charge on any atom is -0.342 e. The van der Waals surface area contributed by atoms with Gasteiger partial charge in [-0.05, 0) is 32.6 Å². The minimum absolute atomic E-state index is 0.116. The molecule has 0 unspecified atom stereocenters. The Bertz CT molecular complexity index is 342. The van der Waals surface area contributed by atoms with E-state index in [4.69, 9.17) is 0 Å². The molecule has 2 saturated heterocycles. The summed E-state index contributed by atoms with van der Waals surface area (Å²) in [5.74, 6) is 1.27. The molecule has 0 aromatic rings. The van der Waals surface area contributed by atoms with Gasteiger partial charge in [0.2, 0.25) is 5.91 Å². The number of piperidine rings is 1. The maximum absolute atomic E-state index is 12.1. The van der Waals surface area contributed by atoms with E-state index in [1.54, 1.807) is 0 Å². The van der Waals surface area contributed by atoms with Gasteiger partial charge < -0.3 is 14.7 Å². The number of carbonyl (C=O) groups excluding carboxylic acids is 1. The van der Waals surface area contributed by atoms with E-state index >= 15 is 0 Å². The topological polar surface area (TPSA) is 26.8 Å². The lowest BCUT2D eigenvalue weighted by molar-refractivity contribution is -0.136. The monoisotopic (exact) mass is 295 g/mol. The molecule has 0 N–H and O–H groups in total. The molecule has 0 atom stereocenters. The summed E-state index contributed by atoms with van der Waals surface area (Å²) in [7, 11) is 1.98. The van der Waals surface area contributed by atoms with E-state index in [2.05, 4.69) is 23.6 Å². The molecule has 4 heteroatoms. The summed E-state index contributed by atoms with van der Waals surface area (Å²) >= 11 is 0. The van der Waals surface area contributed by atoms with Crippen LogP contribution in [-0.4, -0.2) is 72.5 Å². The van der Waals surface area contributed by atoms with Gasteiger partial charge in [0.25, 0.3) is 0 Å². The van der Waals surface area contributed by atoms with E-state index in [0.29, 0.717) is 18.0 Å². The molecule has 2 aliphatic rings. The van der Waals surface area contributed by atoms with Gasteiger partial charge in [-0.25, -0.2) is 0 Å². The third-order valence-electron chi connectivity index (χ3n) is 5.18. The van der Waals surface area contributed by atoms with Crippen molar-refractivity contribution in [1.29, 1.82) is 0 Å². The van der Waals surface area contributed by atoms with Crippen LogP contribution in [0.25, 0.3) is 0 Å². The molecule has 0 bridgehead atoms. The maximum atomic E-state index is 12.1. The summed E-state index contributed by atoms with van der Waals surface area (Å²) in [4.78, 5) is 19.2. The molecule has 4 nitrogen and oxygen atoms in total. The molecule has 0 aromatic heterocycles. The van der Waals surface area contributed by atoms with E-state index in [1.807, 2.05) is 25.8 Å². The lowest BCUT2D eigenvalue weighted by Gasteiger charge is -2.45. The second-order valence-electron chi connectivity index (χ2n) is 7.55. The summed E-state index contributed by atoms with van der Waals surface area (Å²) in [5.41, 5.74) is 0. The van der Waals surface area contributed by atoms with Gasteiger partial charge in [0.05, 0.1) is 0 Å². The predicted octanol–water partition coefficient (Wildman–Crippen LogP) is 1.91. The van der Waals surface area contributed by atoms with Crippen LogP contribution in [0.15, 0.2) is 0 Å². The highest BCUT2D eigenvalue weighted by molar-refractivity contribution is 5.78. The summed E-state index contributed by atoms with van der Waals surface area (Å²) in [6.07, 6.45) is 2.27. The molecule has 2 heterocycles. The van der Waals surface area contributed by atoms with Gasteiger partial charge in [0.1, 0.15) is 0 Å². The highest BCUT2D eigenvalue weighted by Gasteiger charge is 2.32. The van der Waals surface area contributed by atoms with Crippen molar-refractivity contribution < 1.29 is 4.79 Å². The Kier molecular flexibility index (Phi) is 5.67. The average Bonchev–Trinajstić information content (AvgIpc) is 2.40. The van der Waals surface area contributed by atoms with Gasteiger partial charge in [-0.15, -0.1) is 0 Å². The summed E-state index contributed by atoms with van der Waals surface area (Å²) in [6.45, 7) is 14.6. The Morgan fingerprint density at radius 1 is 1.14 bits per heavy atom. The Labute approximate surface area is 130 Å². The molecule has 0 aromatic carbocycles. The van der Waals surface area contributed by atoms with Crippen molar-refractivity contribution in [2.75, 3.05) is 39.8 Å². The van der Waals surface area contributed by atoms with Crippen LogP contribution < -0.4 is 0 Å². The second kappa shape index (κ2) is 7.10. The Morgan fingerprint density at radius 2 is 1.71 bits per heavy atom. The smallest absolute Gasteiger partial charge is 0.225 e. The zero-order chi connectivity index (χ0) is 15.6. The van der Waals surface area contributed by atoms with E-state index in [-0.39, 0.29) is 5.92 Å². The first-order chi connectivity index (χ1) is 9.88. The molecule has 0 saturated carbocycles. The normalized spacial score (nSPS) is 22.8. The molecule has 2 aliphatic heterocycles. The van der Waals surface area contributed by atoms with Gasteiger partial charge in [0.15, 0.2) is 0 Å². The third-order valence-corrected chi connectivity index (χ3v) is 5.18. The van der Waals surface area contributed by atoms with Gasteiger partial charge in [-0.1, -0.05) is 13.8 Å². The lowest BCUT2D eigenvalue weighted by Crippen LogP contribution is -2.55. The van der Waals surface area contributed by atoms with Crippen molar-refractivity contribution in [2.45, 2.75) is 52.6 Å². The van der Waals surface area contributed by atoms with Gasteiger partial charge in [-0.2, -0.15) is 0 Å². The second-order valence-corrected chi connectivity index (χ2v) is 7.55. The zero-order valence-corrected chi connectivity index (χ0v) is 14.5. The van der Waals surface area contributed by atoms with Crippen LogP contribution >= 0.6 is 0 Å². The first-order valence-electron chi connectivity index (χ1n) is 8.61. The molecular weight excluding hydrogens is 262 g/mol. The Hall–Kier alpha value is -0.610. The van der Waals surface area contributed by atoms with Crippen molar-refractivity contribution in [1.82, 2.24) is 14.7 Å².